The monoisotopic (exact) mass is 434 g/mol. The quantitative estimate of drug-likeness (QED) is 0.724. The number of carbonyl (C=O) groups is 1. The van der Waals surface area contributed by atoms with Gasteiger partial charge in [-0.05, 0) is 80.5 Å². The van der Waals surface area contributed by atoms with E-state index in [1.807, 2.05) is 4.72 Å². The van der Waals surface area contributed by atoms with Gasteiger partial charge in [0.15, 0.2) is 5.03 Å². The van der Waals surface area contributed by atoms with Gasteiger partial charge in [-0.2, -0.15) is 13.5 Å². The maximum atomic E-state index is 12.7. The molecule has 0 atom stereocenters. The molecule has 145 valence electrons. The van der Waals surface area contributed by atoms with Crippen LogP contribution in [0, 0.1) is 0 Å². The van der Waals surface area contributed by atoms with Gasteiger partial charge in [-0.3, -0.25) is 4.68 Å². The van der Waals surface area contributed by atoms with Gasteiger partial charge in [-0.25, -0.2) is 9.52 Å². The fourth-order valence-electron chi connectivity index (χ4n) is 3.86. The number of nitrogens with one attached hydrogen (secondary N) is 2. The molecule has 1 radical (unpaired) electrons. The van der Waals surface area contributed by atoms with Crippen molar-refractivity contribution >= 4 is 73.1 Å². The Hall–Kier alpha value is -0.714. The molecular formula is C19H24KN4O3S. The third kappa shape index (κ3) is 4.24. The Bertz CT molecular complexity index is 1210. The minimum atomic E-state index is -4.58. The molecule has 0 saturated carbocycles. The molecule has 2 aliphatic rings. The number of rotatable bonds is 4. The van der Waals surface area contributed by atoms with Crippen molar-refractivity contribution < 1.29 is 22.8 Å². The number of sulfonamides is 1. The Morgan fingerprint density at radius 1 is 1.21 bits per heavy atom. The molecule has 1 aromatic heterocycles. The van der Waals surface area contributed by atoms with Crippen molar-refractivity contribution in [1.29, 1.82) is 0 Å². The molecule has 7 nitrogen and oxygen atoms in total. The predicted molar refractivity (Wildman–Crippen MR) is 108 cm³/mol. The van der Waals surface area contributed by atoms with E-state index in [1.165, 1.54) is 0 Å². The summed E-state index contributed by atoms with van der Waals surface area (Å²) in [4.78, 5) is 12.7. The number of fused-ring (bicyclic) bond motifs is 2. The van der Waals surface area contributed by atoms with Gasteiger partial charge in [0.2, 0.25) is 0 Å². The standard InChI is InChI=1S/C19H24N4O3S.K/c1-12(2)23-10-9-17(21-23)27(25,26)22-19(24)20-18-15-7-3-5-13(15)11-14-6-4-8-16(14)18;/h9-12H,3-8H2,1-2H3,(H2,20,22,24);/i1D3,2D3,12D;. The smallest absolute Gasteiger partial charge is 0.307 e. The van der Waals surface area contributed by atoms with Gasteiger partial charge in [0.05, 0.1) is 1.37 Å². The summed E-state index contributed by atoms with van der Waals surface area (Å²) >= 11 is 0. The number of amides is 2. The predicted octanol–water partition coefficient (Wildman–Crippen LogP) is 2.57. The Labute approximate surface area is 218 Å². The normalized spacial score (nSPS) is 20.1. The molecule has 2 aliphatic carbocycles. The molecule has 28 heavy (non-hydrogen) atoms. The van der Waals surface area contributed by atoms with Crippen LogP contribution in [0.5, 0.6) is 0 Å². The van der Waals surface area contributed by atoms with Crippen LogP contribution in [-0.4, -0.2) is 75.6 Å². The van der Waals surface area contributed by atoms with E-state index < -0.39 is 40.8 Å². The first-order valence-electron chi connectivity index (χ1n) is 12.2. The minimum absolute atomic E-state index is 0. The molecule has 1 aromatic carbocycles. The molecule has 0 saturated heterocycles. The van der Waals surface area contributed by atoms with Crippen molar-refractivity contribution in [2.24, 2.45) is 0 Å². The Morgan fingerprint density at radius 2 is 1.86 bits per heavy atom. The number of hydrogen-bond donors (Lipinski definition) is 2. The van der Waals surface area contributed by atoms with Crippen molar-refractivity contribution in [3.63, 3.8) is 0 Å². The Balaban J connectivity index is 0.00000342. The summed E-state index contributed by atoms with van der Waals surface area (Å²) in [6, 6.07) is -1.22. The minimum Gasteiger partial charge on any atom is -0.307 e. The second-order valence-corrected chi connectivity index (χ2v) is 8.37. The number of urea groups is 1. The Kier molecular flexibility index (Phi) is 4.38. The molecule has 2 aromatic rings. The van der Waals surface area contributed by atoms with Crippen LogP contribution in [0.1, 0.15) is 64.4 Å². The number of aryl methyl sites for hydroxylation is 2. The largest absolute Gasteiger partial charge is 0.333 e. The van der Waals surface area contributed by atoms with Gasteiger partial charge in [0, 0.05) is 77.5 Å². The molecule has 4 rings (SSSR count). The van der Waals surface area contributed by atoms with Crippen LogP contribution in [0.3, 0.4) is 0 Å². The molecule has 0 bridgehead atoms. The third-order valence-electron chi connectivity index (χ3n) is 5.01. The zero-order valence-corrected chi connectivity index (χ0v) is 19.4. The molecule has 0 unspecified atom stereocenters. The number of carbonyl (C=O) groups excluding carboxylic acids is 1. The van der Waals surface area contributed by atoms with Crippen LogP contribution in [0.25, 0.3) is 0 Å². The van der Waals surface area contributed by atoms with E-state index in [2.05, 4.69) is 16.5 Å². The van der Waals surface area contributed by atoms with Gasteiger partial charge in [-0.1, -0.05) is 6.07 Å². The number of aromatic nitrogens is 2. The van der Waals surface area contributed by atoms with Gasteiger partial charge < -0.3 is 5.32 Å². The first kappa shape index (κ1) is 14.3. The van der Waals surface area contributed by atoms with E-state index in [9.17, 15) is 13.2 Å². The van der Waals surface area contributed by atoms with Crippen LogP contribution in [-0.2, 0) is 35.7 Å². The van der Waals surface area contributed by atoms with E-state index in [0.717, 1.165) is 73.0 Å². The summed E-state index contributed by atoms with van der Waals surface area (Å²) in [6.07, 6.45) is 6.05. The van der Waals surface area contributed by atoms with Crippen molar-refractivity contribution in [2.45, 2.75) is 63.3 Å². The van der Waals surface area contributed by atoms with E-state index in [1.54, 1.807) is 0 Å². The molecule has 9 heteroatoms. The second-order valence-electron chi connectivity index (χ2n) is 6.74. The summed E-state index contributed by atoms with van der Waals surface area (Å²) in [7, 11) is -4.58. The summed E-state index contributed by atoms with van der Waals surface area (Å²) in [5.74, 6) is 0. The molecule has 0 aliphatic heterocycles. The fraction of sp³-hybridized carbons (Fsp3) is 0.474. The van der Waals surface area contributed by atoms with Crippen molar-refractivity contribution in [1.82, 2.24) is 14.5 Å². The SMILES string of the molecule is [2H]C([2H])([2H])C([2H])(n1ccc(S(=O)(=O)NC(=O)Nc2c3c(cc4c2CCC4)CCC3)n1)C([2H])([2H])[2H].[K]. The fourth-order valence-corrected chi connectivity index (χ4v) is 4.69. The van der Waals surface area contributed by atoms with Crippen molar-refractivity contribution in [3.05, 3.63) is 40.6 Å². The maximum Gasteiger partial charge on any atom is 0.333 e. The molecular weight excluding hydrogens is 403 g/mol. The van der Waals surface area contributed by atoms with Crippen LogP contribution in [0.15, 0.2) is 23.4 Å². The van der Waals surface area contributed by atoms with Gasteiger partial charge >= 0.3 is 6.03 Å². The van der Waals surface area contributed by atoms with Gasteiger partial charge in [0.1, 0.15) is 0 Å². The van der Waals surface area contributed by atoms with Crippen LogP contribution >= 0.6 is 0 Å². The van der Waals surface area contributed by atoms with E-state index in [4.69, 9.17) is 9.60 Å². The van der Waals surface area contributed by atoms with Crippen LogP contribution in [0.4, 0.5) is 10.5 Å². The zero-order chi connectivity index (χ0) is 25.1. The number of nitrogens with zero attached hydrogens (tertiary/aromatic N) is 2. The molecule has 2 amide bonds. The molecule has 0 fully saturated rings. The average molecular weight is 435 g/mol. The molecule has 1 heterocycles. The zero-order valence-electron chi connectivity index (χ0n) is 22.5. The molecule has 0 spiro atoms. The first-order chi connectivity index (χ1) is 15.6. The van der Waals surface area contributed by atoms with E-state index in [-0.39, 0.29) is 56.1 Å². The molecule has 2 N–H and O–H groups in total. The summed E-state index contributed by atoms with van der Waals surface area (Å²) in [5, 5.41) is 5.43. The Morgan fingerprint density at radius 3 is 2.46 bits per heavy atom. The topological polar surface area (TPSA) is 93.1 Å². The first-order valence-corrected chi connectivity index (χ1v) is 10.2. The van der Waals surface area contributed by atoms with Crippen LogP contribution < -0.4 is 10.0 Å². The maximum absolute atomic E-state index is 12.7. The van der Waals surface area contributed by atoms with Gasteiger partial charge in [0.25, 0.3) is 10.0 Å². The van der Waals surface area contributed by atoms with Crippen LogP contribution in [0.2, 0.25) is 0 Å². The van der Waals surface area contributed by atoms with E-state index in [0.29, 0.717) is 5.69 Å². The summed E-state index contributed by atoms with van der Waals surface area (Å²) in [6.45, 7) is -6.69. The average Bonchev–Trinajstić information content (AvgIpc) is 3.44. The number of hydrogen-bond acceptors (Lipinski definition) is 4. The van der Waals surface area contributed by atoms with Gasteiger partial charge in [-0.15, -0.1) is 0 Å². The number of anilines is 1. The number of benzene rings is 1. The van der Waals surface area contributed by atoms with Crippen molar-refractivity contribution in [2.75, 3.05) is 5.32 Å². The summed E-state index contributed by atoms with van der Waals surface area (Å²) < 4.78 is 80.7. The van der Waals surface area contributed by atoms with E-state index >= 15 is 0 Å². The second kappa shape index (κ2) is 8.57. The third-order valence-corrected chi connectivity index (χ3v) is 6.23. The van der Waals surface area contributed by atoms with Crippen molar-refractivity contribution in [3.8, 4) is 0 Å². The summed E-state index contributed by atoms with van der Waals surface area (Å²) in [5.41, 5.74) is 4.95.